The smallest absolute Gasteiger partial charge is 0.414 e. The standard InChI is InChI=1S/C40H62N6O8/c1-36(2,3)29-18-16-27(17-19-29)28-21-25(23-41-30(43-32(47)51-37(4,5)6)44-33(48)52-38(7,8)9)20-26(22-28)24-42-31(45-34(49)53-39(10,11)12)46-35(50)54-40(13,14)15/h16-22,30,41H,23-24H2,1-15H3,(H,43,47)(H,44,48)(H2,42,45,46,49,50). The van der Waals surface area contributed by atoms with Crippen LogP contribution in [-0.2, 0) is 37.5 Å². The Bertz CT molecular complexity index is 1580. The molecule has 2 aromatic carbocycles. The van der Waals surface area contributed by atoms with Gasteiger partial charge in [0, 0.05) is 6.54 Å². The van der Waals surface area contributed by atoms with Crippen LogP contribution in [0.5, 0.6) is 0 Å². The minimum Gasteiger partial charge on any atom is -0.444 e. The van der Waals surface area contributed by atoms with Gasteiger partial charge in [-0.05, 0) is 128 Å². The van der Waals surface area contributed by atoms with E-state index in [1.165, 1.54) is 5.56 Å². The predicted octanol–water partition coefficient (Wildman–Crippen LogP) is 7.98. The van der Waals surface area contributed by atoms with E-state index in [9.17, 15) is 19.2 Å². The maximum absolute atomic E-state index is 12.7. The van der Waals surface area contributed by atoms with E-state index in [0.29, 0.717) is 0 Å². The number of hydrogen-bond acceptors (Lipinski definition) is 10. The molecule has 14 heteroatoms. The zero-order valence-corrected chi connectivity index (χ0v) is 34.7. The fraction of sp³-hybridized carbons (Fsp3) is 0.575. The first-order valence-corrected chi connectivity index (χ1v) is 18.0. The number of nitrogens with zero attached hydrogens (tertiary/aromatic N) is 1. The zero-order valence-electron chi connectivity index (χ0n) is 34.7. The summed E-state index contributed by atoms with van der Waals surface area (Å²) < 4.78 is 21.6. The van der Waals surface area contributed by atoms with E-state index >= 15 is 0 Å². The maximum Gasteiger partial charge on any atom is 0.414 e. The van der Waals surface area contributed by atoms with Crippen molar-refractivity contribution < 1.29 is 38.1 Å². The second-order valence-corrected chi connectivity index (χ2v) is 17.9. The molecule has 0 aliphatic heterocycles. The summed E-state index contributed by atoms with van der Waals surface area (Å²) >= 11 is 0. The van der Waals surface area contributed by atoms with Crippen LogP contribution < -0.4 is 26.6 Å². The molecule has 4 amide bonds. The van der Waals surface area contributed by atoms with Gasteiger partial charge in [0.25, 0.3) is 0 Å². The van der Waals surface area contributed by atoms with E-state index < -0.39 is 53.1 Å². The van der Waals surface area contributed by atoms with Crippen LogP contribution in [0, 0.1) is 0 Å². The number of rotatable bonds is 8. The third-order valence-electron chi connectivity index (χ3n) is 6.63. The molecular formula is C40H62N6O8. The van der Waals surface area contributed by atoms with Crippen molar-refractivity contribution in [2.75, 3.05) is 0 Å². The Hall–Kier alpha value is -4.85. The third kappa shape index (κ3) is 18.8. The van der Waals surface area contributed by atoms with Gasteiger partial charge in [0.05, 0.1) is 6.54 Å². The minimum absolute atomic E-state index is 0.0254. The van der Waals surface area contributed by atoms with E-state index in [-0.39, 0.29) is 24.5 Å². The van der Waals surface area contributed by atoms with Crippen LogP contribution in [0.1, 0.15) is 121 Å². The summed E-state index contributed by atoms with van der Waals surface area (Å²) in [5.74, 6) is -0.165. The minimum atomic E-state index is -1.08. The average molecular weight is 755 g/mol. The highest BCUT2D eigenvalue weighted by atomic mass is 16.6. The van der Waals surface area contributed by atoms with Gasteiger partial charge in [-0.3, -0.25) is 26.6 Å². The van der Waals surface area contributed by atoms with Crippen LogP contribution in [0.4, 0.5) is 19.2 Å². The van der Waals surface area contributed by atoms with Crippen molar-refractivity contribution in [2.45, 2.75) is 151 Å². The molecular weight excluding hydrogens is 692 g/mol. The first-order valence-electron chi connectivity index (χ1n) is 18.0. The van der Waals surface area contributed by atoms with Crippen LogP contribution in [0.15, 0.2) is 47.5 Å². The number of alkyl carbamates (subject to hydrolysis) is 4. The summed E-state index contributed by atoms with van der Waals surface area (Å²) in [5.41, 5.74) is 1.26. The second kappa shape index (κ2) is 18.0. The average Bonchev–Trinajstić information content (AvgIpc) is 2.94. The number of carbonyl (C=O) groups is 4. The summed E-state index contributed by atoms with van der Waals surface area (Å²) in [5, 5.41) is 13.5. The fourth-order valence-corrected chi connectivity index (χ4v) is 4.58. The van der Waals surface area contributed by atoms with E-state index in [1.54, 1.807) is 83.1 Å². The lowest BCUT2D eigenvalue weighted by atomic mass is 9.86. The molecule has 0 saturated heterocycles. The molecule has 0 saturated carbocycles. The van der Waals surface area contributed by atoms with E-state index in [0.717, 1.165) is 22.3 Å². The second-order valence-electron chi connectivity index (χ2n) is 17.9. The Labute approximate surface area is 320 Å². The SMILES string of the molecule is CC(C)(C)OC(=O)NC(=NCc1cc(CNC(NC(=O)OC(C)(C)C)NC(=O)OC(C)(C)C)cc(-c2ccc(C(C)(C)C)cc2)c1)NC(=O)OC(C)(C)C. The molecule has 0 fully saturated rings. The molecule has 54 heavy (non-hydrogen) atoms. The quantitative estimate of drug-likeness (QED) is 0.0774. The number of guanidine groups is 1. The fourth-order valence-electron chi connectivity index (χ4n) is 4.58. The van der Waals surface area contributed by atoms with E-state index in [1.807, 2.05) is 30.3 Å². The summed E-state index contributed by atoms with van der Waals surface area (Å²) in [6.07, 6.45) is -4.19. The van der Waals surface area contributed by atoms with E-state index in [4.69, 9.17) is 18.9 Å². The van der Waals surface area contributed by atoms with Crippen LogP contribution >= 0.6 is 0 Å². The number of nitrogens with one attached hydrogen (secondary N) is 5. The number of benzene rings is 2. The topological polar surface area (TPSA) is 178 Å². The van der Waals surface area contributed by atoms with Crippen LogP contribution in [0.2, 0.25) is 0 Å². The zero-order chi connectivity index (χ0) is 41.3. The van der Waals surface area contributed by atoms with Gasteiger partial charge in [-0.25, -0.2) is 24.2 Å². The van der Waals surface area contributed by atoms with Crippen LogP contribution in [0.3, 0.4) is 0 Å². The number of hydrogen-bond donors (Lipinski definition) is 5. The lowest BCUT2D eigenvalue weighted by Crippen LogP contribution is -2.57. The molecule has 0 bridgehead atoms. The normalized spacial score (nSPS) is 12.3. The molecule has 0 aromatic heterocycles. The van der Waals surface area contributed by atoms with Crippen molar-refractivity contribution in [1.29, 1.82) is 0 Å². The Balaban J connectivity index is 2.55. The summed E-state index contributed by atoms with van der Waals surface area (Å²) in [7, 11) is 0. The van der Waals surface area contributed by atoms with Crippen molar-refractivity contribution >= 4 is 30.3 Å². The van der Waals surface area contributed by atoms with Crippen molar-refractivity contribution in [3.63, 3.8) is 0 Å². The highest BCUT2D eigenvalue weighted by Crippen LogP contribution is 2.28. The molecule has 0 atom stereocenters. The molecule has 0 aliphatic carbocycles. The largest absolute Gasteiger partial charge is 0.444 e. The van der Waals surface area contributed by atoms with Crippen molar-refractivity contribution in [3.05, 3.63) is 59.2 Å². The van der Waals surface area contributed by atoms with Gasteiger partial charge < -0.3 is 18.9 Å². The molecule has 0 heterocycles. The Morgan fingerprint density at radius 2 is 0.963 bits per heavy atom. The van der Waals surface area contributed by atoms with Crippen molar-refractivity contribution in [3.8, 4) is 11.1 Å². The molecule has 300 valence electrons. The third-order valence-corrected chi connectivity index (χ3v) is 6.63. The summed E-state index contributed by atoms with van der Waals surface area (Å²) in [6.45, 7) is 27.3. The van der Waals surface area contributed by atoms with Gasteiger partial charge in [0.15, 0.2) is 6.29 Å². The first-order chi connectivity index (χ1) is 24.5. The molecule has 0 aliphatic rings. The Kier molecular flexibility index (Phi) is 15.1. The Morgan fingerprint density at radius 1 is 0.556 bits per heavy atom. The van der Waals surface area contributed by atoms with Gasteiger partial charge in [-0.15, -0.1) is 0 Å². The maximum atomic E-state index is 12.7. The van der Waals surface area contributed by atoms with Gasteiger partial charge in [-0.1, -0.05) is 51.1 Å². The molecule has 5 N–H and O–H groups in total. The van der Waals surface area contributed by atoms with Gasteiger partial charge in [0.2, 0.25) is 5.96 Å². The number of aliphatic imine (C=N–C) groups is 1. The summed E-state index contributed by atoms with van der Waals surface area (Å²) in [6, 6.07) is 14.0. The molecule has 2 aromatic rings. The van der Waals surface area contributed by atoms with Crippen molar-refractivity contribution in [2.24, 2.45) is 4.99 Å². The molecule has 0 radical (unpaired) electrons. The number of ether oxygens (including phenoxy) is 4. The number of amides is 4. The van der Waals surface area contributed by atoms with Crippen LogP contribution in [0.25, 0.3) is 11.1 Å². The van der Waals surface area contributed by atoms with Gasteiger partial charge in [0.1, 0.15) is 22.4 Å². The van der Waals surface area contributed by atoms with Gasteiger partial charge >= 0.3 is 24.4 Å². The Morgan fingerprint density at radius 3 is 1.37 bits per heavy atom. The van der Waals surface area contributed by atoms with Crippen molar-refractivity contribution in [1.82, 2.24) is 26.6 Å². The lowest BCUT2D eigenvalue weighted by molar-refractivity contribution is 0.0401. The molecule has 0 unspecified atom stereocenters. The van der Waals surface area contributed by atoms with E-state index in [2.05, 4.69) is 64.5 Å². The highest BCUT2D eigenvalue weighted by molar-refractivity contribution is 6.01. The predicted molar refractivity (Wildman–Crippen MR) is 210 cm³/mol. The van der Waals surface area contributed by atoms with Gasteiger partial charge in [-0.2, -0.15) is 0 Å². The molecule has 0 spiro atoms. The summed E-state index contributed by atoms with van der Waals surface area (Å²) in [4.78, 5) is 55.4. The van der Waals surface area contributed by atoms with Crippen LogP contribution in [-0.4, -0.2) is 59.0 Å². The monoisotopic (exact) mass is 754 g/mol. The highest BCUT2D eigenvalue weighted by Gasteiger charge is 2.24. The first kappa shape index (κ1) is 45.3. The molecule has 2 rings (SSSR count). The molecule has 14 nitrogen and oxygen atoms in total. The lowest BCUT2D eigenvalue weighted by Gasteiger charge is -2.26. The number of carbonyl (C=O) groups excluding carboxylic acids is 4.